The summed E-state index contributed by atoms with van der Waals surface area (Å²) in [5, 5.41) is 28.2. The van der Waals surface area contributed by atoms with Gasteiger partial charge in [0.25, 0.3) is 0 Å². The zero-order valence-electron chi connectivity index (χ0n) is 9.99. The van der Waals surface area contributed by atoms with E-state index < -0.39 is 24.5 Å². The summed E-state index contributed by atoms with van der Waals surface area (Å²) in [5.74, 6) is -2.27. The molecule has 0 aliphatic rings. The van der Waals surface area contributed by atoms with Gasteiger partial charge in [-0.3, -0.25) is 14.8 Å². The van der Waals surface area contributed by atoms with Crippen LogP contribution in [0.4, 0.5) is 0 Å². The third kappa shape index (κ3) is 13.5. The quantitative estimate of drug-likeness (QED) is 0.431. The molecule has 1 atom stereocenters. The molecule has 0 saturated heterocycles. The Morgan fingerprint density at radius 2 is 1.88 bits per heavy atom. The van der Waals surface area contributed by atoms with Gasteiger partial charge in [0.15, 0.2) is 0 Å². The van der Waals surface area contributed by atoms with Crippen molar-refractivity contribution in [3.63, 3.8) is 0 Å². The number of carboxylic acids is 1. The molecule has 0 aromatic heterocycles. The fraction of sp³-hybridized carbons (Fsp3) is 0.667. The summed E-state index contributed by atoms with van der Waals surface area (Å²) in [7, 11) is 0. The van der Waals surface area contributed by atoms with E-state index in [0.29, 0.717) is 0 Å². The fourth-order valence-electron chi connectivity index (χ4n) is 0.564. The minimum absolute atomic E-state index is 0. The summed E-state index contributed by atoms with van der Waals surface area (Å²) in [6.45, 7) is 4.70. The van der Waals surface area contributed by atoms with Crippen molar-refractivity contribution < 1.29 is 60.3 Å². The largest absolute Gasteiger partial charge is 0.494 e. The molecule has 7 nitrogen and oxygen atoms in total. The molecule has 0 aromatic rings. The Bertz CT molecular complexity index is 267. The van der Waals surface area contributed by atoms with Gasteiger partial charge in [-0.1, -0.05) is 33.4 Å². The SMILES string of the molecule is CCC.C[C@H]([N-]C#N)C(=O)N(O)CC(=O)O.[Pm]. The van der Waals surface area contributed by atoms with Crippen molar-refractivity contribution in [2.75, 3.05) is 6.54 Å². The number of nitriles is 1. The average Bonchev–Trinajstić information content (AvgIpc) is 2.17. The van der Waals surface area contributed by atoms with Crippen molar-refractivity contribution in [2.24, 2.45) is 0 Å². The number of aliphatic carboxylic acids is 1. The molecule has 0 unspecified atom stereocenters. The van der Waals surface area contributed by atoms with E-state index in [1.807, 2.05) is 0 Å². The van der Waals surface area contributed by atoms with Crippen LogP contribution in [-0.4, -0.2) is 39.8 Å². The number of nitrogens with zero attached hydrogens (tertiary/aromatic N) is 3. The Kier molecular flexibility index (Phi) is 17.4. The number of carboxylic acid groups (broad SMARTS) is 1. The van der Waals surface area contributed by atoms with Crippen molar-refractivity contribution in [3.8, 4) is 6.19 Å². The fourth-order valence-corrected chi connectivity index (χ4v) is 0.564. The summed E-state index contributed by atoms with van der Waals surface area (Å²) in [6.07, 6.45) is 2.63. The first-order chi connectivity index (χ1) is 7.40. The second kappa shape index (κ2) is 13.6. The molecular formula is C9H16N3O4Pm-. The molecule has 0 fully saturated rings. The number of carbonyl (C=O) groups is 2. The first kappa shape index (κ1) is 21.8. The molecule has 0 spiro atoms. The molecule has 2 N–H and O–H groups in total. The Morgan fingerprint density at radius 3 is 2.18 bits per heavy atom. The van der Waals surface area contributed by atoms with E-state index in [4.69, 9.17) is 15.6 Å². The number of hydrogen-bond donors (Lipinski definition) is 2. The maximum atomic E-state index is 10.9. The molecule has 1 amide bonds. The maximum absolute atomic E-state index is 10.9. The van der Waals surface area contributed by atoms with Crippen LogP contribution in [0.25, 0.3) is 5.32 Å². The van der Waals surface area contributed by atoms with Gasteiger partial charge in [0.05, 0.1) is 0 Å². The van der Waals surface area contributed by atoms with E-state index in [9.17, 15) is 9.59 Å². The molecular weight excluding hydrogens is 359 g/mol. The Morgan fingerprint density at radius 1 is 1.47 bits per heavy atom. The molecule has 1 radical (unpaired) electrons. The van der Waals surface area contributed by atoms with E-state index in [2.05, 4.69) is 19.2 Å². The van der Waals surface area contributed by atoms with E-state index in [1.54, 1.807) is 0 Å². The summed E-state index contributed by atoms with van der Waals surface area (Å²) >= 11 is 0. The van der Waals surface area contributed by atoms with Gasteiger partial charge in [0.2, 0.25) is 5.91 Å². The maximum Gasteiger partial charge on any atom is 0.325 e. The third-order valence-electron chi connectivity index (χ3n) is 1.15. The number of amides is 1. The number of hydrogen-bond acceptors (Lipinski definition) is 4. The van der Waals surface area contributed by atoms with Crippen LogP contribution in [0.15, 0.2) is 0 Å². The Balaban J connectivity index is -0.000000440. The minimum atomic E-state index is -1.35. The van der Waals surface area contributed by atoms with Gasteiger partial charge in [0, 0.05) is 46.4 Å². The van der Waals surface area contributed by atoms with Gasteiger partial charge in [-0.25, -0.2) is 5.06 Å². The normalized spacial score (nSPS) is 9.59. The molecule has 0 heterocycles. The minimum Gasteiger partial charge on any atom is -0.494 e. The predicted molar refractivity (Wildman–Crippen MR) is 55.5 cm³/mol. The van der Waals surface area contributed by atoms with Gasteiger partial charge in [-0.2, -0.15) is 0 Å². The molecule has 0 aliphatic carbocycles. The van der Waals surface area contributed by atoms with Crippen LogP contribution in [0.3, 0.4) is 0 Å². The van der Waals surface area contributed by atoms with Crippen molar-refractivity contribution in [1.82, 2.24) is 5.06 Å². The van der Waals surface area contributed by atoms with Gasteiger partial charge in [0.1, 0.15) is 6.54 Å². The van der Waals surface area contributed by atoms with Gasteiger partial charge in [-0.05, 0) is 0 Å². The second-order valence-corrected chi connectivity index (χ2v) is 2.90. The monoisotopic (exact) mass is 375 g/mol. The summed E-state index contributed by atoms with van der Waals surface area (Å²) < 4.78 is 0. The first-order valence-corrected chi connectivity index (χ1v) is 4.71. The van der Waals surface area contributed by atoms with E-state index in [1.165, 1.54) is 19.5 Å². The van der Waals surface area contributed by atoms with Crippen LogP contribution >= 0.6 is 0 Å². The van der Waals surface area contributed by atoms with Crippen molar-refractivity contribution >= 4 is 11.9 Å². The molecule has 8 heteroatoms. The first-order valence-electron chi connectivity index (χ1n) is 4.71. The summed E-state index contributed by atoms with van der Waals surface area (Å²) in [4.78, 5) is 21.0. The van der Waals surface area contributed by atoms with Crippen molar-refractivity contribution in [2.45, 2.75) is 33.2 Å². The van der Waals surface area contributed by atoms with Crippen molar-refractivity contribution in [3.05, 3.63) is 5.32 Å². The molecule has 17 heavy (non-hydrogen) atoms. The van der Waals surface area contributed by atoms with E-state index >= 15 is 0 Å². The third-order valence-corrected chi connectivity index (χ3v) is 1.15. The van der Waals surface area contributed by atoms with E-state index in [0.717, 1.165) is 0 Å². The van der Waals surface area contributed by atoms with Crippen LogP contribution < -0.4 is 0 Å². The van der Waals surface area contributed by atoms with Crippen LogP contribution in [0, 0.1) is 51.8 Å². The van der Waals surface area contributed by atoms with Crippen LogP contribution in [0.5, 0.6) is 0 Å². The average molecular weight is 375 g/mol. The molecule has 0 bridgehead atoms. The molecule has 97 valence electrons. The standard InChI is InChI=1S/C6H9N3O4.C3H8.Pm/c1-4(8-3-7)6(12)9(13)2-5(10)11;1-3-2;/h4,7,13H,2H2,1H3,(H,10,11);3H2,1-2H3;/p-1/t4-;;/m0../s1. The van der Waals surface area contributed by atoms with Crippen LogP contribution in [-0.2, 0) is 9.59 Å². The van der Waals surface area contributed by atoms with E-state index in [-0.39, 0.29) is 45.5 Å². The number of hydroxylamine groups is 2. The zero-order valence-corrected chi connectivity index (χ0v) is 12.9. The smallest absolute Gasteiger partial charge is 0.325 e. The molecule has 0 rings (SSSR count). The summed E-state index contributed by atoms with van der Waals surface area (Å²) in [5.41, 5.74) is 0. The number of rotatable bonds is 4. The van der Waals surface area contributed by atoms with Gasteiger partial charge < -0.3 is 15.7 Å². The van der Waals surface area contributed by atoms with Gasteiger partial charge >= 0.3 is 5.97 Å². The molecule has 0 aliphatic heterocycles. The zero-order chi connectivity index (χ0) is 13.1. The van der Waals surface area contributed by atoms with Crippen molar-refractivity contribution in [1.29, 1.82) is 5.26 Å². The topological polar surface area (TPSA) is 116 Å². The Hall–Kier alpha value is -0.472. The Labute approximate surface area is 133 Å². The molecule has 0 aromatic carbocycles. The predicted octanol–water partition coefficient (Wildman–Crippen LogP) is 0.948. The summed E-state index contributed by atoms with van der Waals surface area (Å²) in [6, 6.07) is -1.06. The van der Waals surface area contributed by atoms with Gasteiger partial charge in [-0.15, -0.1) is 0 Å². The molecule has 0 saturated carbocycles. The van der Waals surface area contributed by atoms with Crippen LogP contribution in [0.2, 0.25) is 0 Å². The number of carbonyl (C=O) groups excluding carboxylic acids is 1. The second-order valence-electron chi connectivity index (χ2n) is 2.90. The van der Waals surface area contributed by atoms with Crippen LogP contribution in [0.1, 0.15) is 27.2 Å².